The topological polar surface area (TPSA) is 64.9 Å². The summed E-state index contributed by atoms with van der Waals surface area (Å²) in [7, 11) is 0. The minimum Gasteiger partial charge on any atom is -0.358 e. The van der Waals surface area contributed by atoms with Gasteiger partial charge in [0, 0.05) is 17.3 Å². The minimum absolute atomic E-state index is 0.0573. The predicted molar refractivity (Wildman–Crippen MR) is 93.9 cm³/mol. The lowest BCUT2D eigenvalue weighted by Crippen LogP contribution is -2.17. The second-order valence-corrected chi connectivity index (χ2v) is 6.39. The number of nitrogens with one attached hydrogen (secondary N) is 1. The molecule has 1 unspecified atom stereocenters. The first kappa shape index (κ1) is 15.6. The van der Waals surface area contributed by atoms with Crippen LogP contribution in [0.1, 0.15) is 25.5 Å². The molecule has 1 aliphatic rings. The Morgan fingerprint density at radius 1 is 1.12 bits per heavy atom. The van der Waals surface area contributed by atoms with E-state index in [0.29, 0.717) is 22.0 Å². The average molecular weight is 364 g/mol. The van der Waals surface area contributed by atoms with Crippen molar-refractivity contribution in [2.75, 3.05) is 11.9 Å². The largest absolute Gasteiger partial charge is 0.358 e. The van der Waals surface area contributed by atoms with Crippen molar-refractivity contribution in [3.8, 4) is 0 Å². The highest BCUT2D eigenvalue weighted by Crippen LogP contribution is 2.29. The molecule has 0 saturated carbocycles. The Hall–Kier alpha value is -1.89. The molecule has 0 radical (unpaired) electrons. The first-order chi connectivity index (χ1) is 11.7. The summed E-state index contributed by atoms with van der Waals surface area (Å²) >= 11 is 12.0. The highest BCUT2D eigenvalue weighted by molar-refractivity contribution is 6.30. The fraction of sp³-hybridized carbons (Fsp3) is 0.312. The summed E-state index contributed by atoms with van der Waals surface area (Å²) in [5.74, 6) is 0.557. The lowest BCUT2D eigenvalue weighted by Gasteiger charge is -2.23. The summed E-state index contributed by atoms with van der Waals surface area (Å²) in [6.45, 7) is 0.749. The zero-order valence-corrected chi connectivity index (χ0v) is 14.3. The van der Waals surface area contributed by atoms with E-state index in [2.05, 4.69) is 20.3 Å². The first-order valence-electron chi connectivity index (χ1n) is 7.75. The van der Waals surface area contributed by atoms with Crippen molar-refractivity contribution in [1.29, 1.82) is 0 Å². The maximum atomic E-state index is 6.12. The molecule has 3 aromatic rings. The van der Waals surface area contributed by atoms with Crippen LogP contribution in [-0.2, 0) is 4.74 Å². The van der Waals surface area contributed by atoms with Crippen molar-refractivity contribution in [2.24, 2.45) is 0 Å². The van der Waals surface area contributed by atoms with E-state index in [1.807, 2.05) is 16.7 Å². The first-order valence-corrected chi connectivity index (χ1v) is 8.50. The van der Waals surface area contributed by atoms with E-state index in [4.69, 9.17) is 27.9 Å². The molecule has 6 nitrogen and oxygen atoms in total. The van der Waals surface area contributed by atoms with Crippen molar-refractivity contribution in [3.63, 3.8) is 0 Å². The van der Waals surface area contributed by atoms with Gasteiger partial charge in [0.2, 0.25) is 5.28 Å². The molecule has 1 N–H and O–H groups in total. The summed E-state index contributed by atoms with van der Waals surface area (Å²) in [4.78, 5) is 13.1. The minimum atomic E-state index is -0.0573. The fourth-order valence-corrected chi connectivity index (χ4v) is 3.09. The van der Waals surface area contributed by atoms with Crippen LogP contribution in [0.25, 0.3) is 11.2 Å². The van der Waals surface area contributed by atoms with E-state index in [-0.39, 0.29) is 11.5 Å². The van der Waals surface area contributed by atoms with E-state index in [1.54, 1.807) is 18.5 Å². The number of hydrogen-bond donors (Lipinski definition) is 1. The third-order valence-corrected chi connectivity index (χ3v) is 4.39. The summed E-state index contributed by atoms with van der Waals surface area (Å²) < 4.78 is 7.75. The lowest BCUT2D eigenvalue weighted by atomic mass is 10.2. The van der Waals surface area contributed by atoms with Crippen LogP contribution < -0.4 is 5.32 Å². The molecular formula is C16H15Cl2N5O. The van der Waals surface area contributed by atoms with Gasteiger partial charge in [0.25, 0.3) is 0 Å². The zero-order valence-electron chi connectivity index (χ0n) is 12.7. The van der Waals surface area contributed by atoms with Crippen LogP contribution in [0.4, 0.5) is 11.5 Å². The van der Waals surface area contributed by atoms with Gasteiger partial charge in [0.1, 0.15) is 6.23 Å². The molecule has 4 rings (SSSR count). The van der Waals surface area contributed by atoms with Gasteiger partial charge in [-0.3, -0.25) is 4.57 Å². The Balaban J connectivity index is 1.73. The van der Waals surface area contributed by atoms with Gasteiger partial charge < -0.3 is 10.1 Å². The maximum absolute atomic E-state index is 6.12. The molecule has 8 heteroatoms. The van der Waals surface area contributed by atoms with Crippen LogP contribution in [0.5, 0.6) is 0 Å². The number of imidazole rings is 1. The van der Waals surface area contributed by atoms with Gasteiger partial charge in [-0.2, -0.15) is 9.97 Å². The smallest absolute Gasteiger partial charge is 0.226 e. The second kappa shape index (κ2) is 6.55. The molecule has 3 heterocycles. The number of anilines is 2. The van der Waals surface area contributed by atoms with E-state index < -0.39 is 0 Å². The number of halogens is 2. The molecule has 0 bridgehead atoms. The third-order valence-electron chi connectivity index (χ3n) is 3.97. The highest BCUT2D eigenvalue weighted by atomic mass is 35.5. The zero-order chi connectivity index (χ0) is 16.5. The summed E-state index contributed by atoms with van der Waals surface area (Å²) in [5.41, 5.74) is 2.17. The second-order valence-electron chi connectivity index (χ2n) is 5.62. The van der Waals surface area contributed by atoms with E-state index in [9.17, 15) is 0 Å². The van der Waals surface area contributed by atoms with Gasteiger partial charge in [-0.05, 0) is 55.1 Å². The average Bonchev–Trinajstić information content (AvgIpc) is 3.01. The maximum Gasteiger partial charge on any atom is 0.226 e. The molecule has 0 amide bonds. The molecule has 1 aliphatic heterocycles. The molecule has 2 aromatic heterocycles. The van der Waals surface area contributed by atoms with E-state index >= 15 is 0 Å². The number of fused-ring (bicyclic) bond motifs is 1. The molecule has 1 aromatic carbocycles. The summed E-state index contributed by atoms with van der Waals surface area (Å²) in [6, 6.07) is 7.34. The SMILES string of the molecule is Clc1ccc(Nc2nc(Cl)nc3c2ncn3C2CCCCO2)cc1. The van der Waals surface area contributed by atoms with Crippen LogP contribution in [0.2, 0.25) is 10.3 Å². The van der Waals surface area contributed by atoms with Crippen LogP contribution in [0.15, 0.2) is 30.6 Å². The van der Waals surface area contributed by atoms with Crippen molar-refractivity contribution in [2.45, 2.75) is 25.5 Å². The van der Waals surface area contributed by atoms with Gasteiger partial charge in [-0.15, -0.1) is 0 Å². The van der Waals surface area contributed by atoms with Crippen LogP contribution in [-0.4, -0.2) is 26.1 Å². The molecule has 24 heavy (non-hydrogen) atoms. The van der Waals surface area contributed by atoms with Crippen LogP contribution >= 0.6 is 23.2 Å². The van der Waals surface area contributed by atoms with Crippen molar-refractivity contribution < 1.29 is 4.74 Å². The number of benzene rings is 1. The lowest BCUT2D eigenvalue weighted by molar-refractivity contribution is -0.0298. The normalized spacial score (nSPS) is 18.0. The van der Waals surface area contributed by atoms with Crippen LogP contribution in [0, 0.1) is 0 Å². The van der Waals surface area contributed by atoms with Crippen LogP contribution in [0.3, 0.4) is 0 Å². The molecule has 124 valence electrons. The fourth-order valence-electron chi connectivity index (χ4n) is 2.80. The number of hydrogen-bond acceptors (Lipinski definition) is 5. The number of ether oxygens (including phenoxy) is 1. The van der Waals surface area contributed by atoms with Crippen molar-refractivity contribution >= 4 is 45.9 Å². The Kier molecular flexibility index (Phi) is 4.26. The van der Waals surface area contributed by atoms with Gasteiger partial charge in [-0.25, -0.2) is 4.98 Å². The molecule has 1 atom stereocenters. The predicted octanol–water partition coefficient (Wildman–Crippen LogP) is 4.58. The van der Waals surface area contributed by atoms with Crippen molar-refractivity contribution in [3.05, 3.63) is 40.9 Å². The standard InChI is InChI=1S/C16H15Cl2N5O/c17-10-4-6-11(7-5-10)20-14-13-15(22-16(18)21-14)23(9-19-13)12-3-1-2-8-24-12/h4-7,9,12H,1-3,8H2,(H,20,21,22). The quantitative estimate of drug-likeness (QED) is 0.690. The van der Waals surface area contributed by atoms with Crippen molar-refractivity contribution in [1.82, 2.24) is 19.5 Å². The molecule has 1 saturated heterocycles. The Morgan fingerprint density at radius 2 is 1.96 bits per heavy atom. The third kappa shape index (κ3) is 3.05. The number of aromatic nitrogens is 4. The van der Waals surface area contributed by atoms with Gasteiger partial charge in [0.05, 0.1) is 6.33 Å². The van der Waals surface area contributed by atoms with Gasteiger partial charge >= 0.3 is 0 Å². The Morgan fingerprint density at radius 3 is 2.71 bits per heavy atom. The molecule has 0 aliphatic carbocycles. The van der Waals surface area contributed by atoms with Gasteiger partial charge in [0.15, 0.2) is 17.0 Å². The van der Waals surface area contributed by atoms with E-state index in [1.165, 1.54) is 0 Å². The number of nitrogens with zero attached hydrogens (tertiary/aromatic N) is 4. The molecule has 1 fully saturated rings. The highest BCUT2D eigenvalue weighted by Gasteiger charge is 2.21. The Bertz CT molecular complexity index is 859. The van der Waals surface area contributed by atoms with E-state index in [0.717, 1.165) is 31.6 Å². The molecule has 0 spiro atoms. The monoisotopic (exact) mass is 363 g/mol. The Labute approximate surface area is 148 Å². The summed E-state index contributed by atoms with van der Waals surface area (Å²) in [6.07, 6.45) is 4.82. The summed E-state index contributed by atoms with van der Waals surface area (Å²) in [5, 5.41) is 4.06. The molecular weight excluding hydrogens is 349 g/mol. The van der Waals surface area contributed by atoms with Gasteiger partial charge in [-0.1, -0.05) is 11.6 Å². The number of rotatable bonds is 3.